The zero-order valence-electron chi connectivity index (χ0n) is 11.5. The van der Waals surface area contributed by atoms with Crippen LogP contribution < -0.4 is 4.74 Å². The highest BCUT2D eigenvalue weighted by Crippen LogP contribution is 2.30. The van der Waals surface area contributed by atoms with Gasteiger partial charge in [-0.3, -0.25) is 9.78 Å². The van der Waals surface area contributed by atoms with Gasteiger partial charge >= 0.3 is 5.97 Å². The fourth-order valence-electron chi connectivity index (χ4n) is 2.21. The van der Waals surface area contributed by atoms with Crippen molar-refractivity contribution in [3.05, 3.63) is 59.4 Å². The van der Waals surface area contributed by atoms with Crippen LogP contribution in [0.3, 0.4) is 0 Å². The van der Waals surface area contributed by atoms with Crippen molar-refractivity contribution in [3.63, 3.8) is 0 Å². The number of hydrogen-bond acceptors (Lipinski definition) is 3. The summed E-state index contributed by atoms with van der Waals surface area (Å²) < 4.78 is 5.29. The number of rotatable bonds is 5. The Balaban J connectivity index is 2.38. The van der Waals surface area contributed by atoms with Crippen molar-refractivity contribution in [2.45, 2.75) is 19.3 Å². The lowest BCUT2D eigenvalue weighted by Crippen LogP contribution is -2.15. The van der Waals surface area contributed by atoms with Gasteiger partial charge in [0.05, 0.1) is 13.0 Å². The molecule has 0 radical (unpaired) electrons. The minimum atomic E-state index is -0.856. The third-order valence-corrected chi connectivity index (χ3v) is 3.25. The van der Waals surface area contributed by atoms with E-state index in [0.29, 0.717) is 17.7 Å². The van der Waals surface area contributed by atoms with Gasteiger partial charge in [0.1, 0.15) is 5.75 Å². The van der Waals surface area contributed by atoms with Crippen LogP contribution in [0.1, 0.15) is 22.6 Å². The third kappa shape index (κ3) is 3.15. The number of benzene rings is 1. The van der Waals surface area contributed by atoms with Gasteiger partial charge in [-0.1, -0.05) is 17.7 Å². The molecule has 1 aromatic carbocycles. The molecule has 0 fully saturated rings. The number of aromatic nitrogens is 1. The lowest BCUT2D eigenvalue weighted by Gasteiger charge is -2.17. The van der Waals surface area contributed by atoms with Gasteiger partial charge in [0.25, 0.3) is 0 Å². The molecule has 2 aromatic rings. The number of aliphatic carboxylic acids is 1. The van der Waals surface area contributed by atoms with Crippen molar-refractivity contribution in [2.24, 2.45) is 0 Å². The fourth-order valence-corrected chi connectivity index (χ4v) is 2.21. The number of methoxy groups -OCH3 is 1. The molecule has 20 heavy (non-hydrogen) atoms. The van der Waals surface area contributed by atoms with E-state index in [-0.39, 0.29) is 0 Å². The van der Waals surface area contributed by atoms with E-state index in [1.165, 1.54) is 0 Å². The molecule has 0 spiro atoms. The minimum Gasteiger partial charge on any atom is -0.496 e. The van der Waals surface area contributed by atoms with Crippen LogP contribution in [0.5, 0.6) is 5.75 Å². The molecule has 1 N–H and O–H groups in total. The van der Waals surface area contributed by atoms with Gasteiger partial charge in [0.2, 0.25) is 0 Å². The molecule has 2 rings (SSSR count). The van der Waals surface area contributed by atoms with E-state index in [0.717, 1.165) is 11.1 Å². The summed E-state index contributed by atoms with van der Waals surface area (Å²) >= 11 is 0. The summed E-state index contributed by atoms with van der Waals surface area (Å²) in [5, 5.41) is 9.53. The number of hydrogen-bond donors (Lipinski definition) is 1. The first-order valence-corrected chi connectivity index (χ1v) is 6.38. The van der Waals surface area contributed by atoms with Gasteiger partial charge in [0, 0.05) is 18.0 Å². The maximum Gasteiger partial charge on any atom is 0.311 e. The summed E-state index contributed by atoms with van der Waals surface area (Å²) in [4.78, 5) is 15.6. The normalized spacial score (nSPS) is 11.9. The smallest absolute Gasteiger partial charge is 0.311 e. The molecule has 0 saturated carbocycles. The molecule has 0 amide bonds. The molecule has 0 bridgehead atoms. The molecule has 1 atom stereocenters. The lowest BCUT2D eigenvalue weighted by molar-refractivity contribution is -0.138. The van der Waals surface area contributed by atoms with E-state index in [2.05, 4.69) is 4.98 Å². The lowest BCUT2D eigenvalue weighted by atomic mass is 9.90. The van der Waals surface area contributed by atoms with Crippen molar-refractivity contribution in [3.8, 4) is 5.75 Å². The van der Waals surface area contributed by atoms with Crippen LogP contribution in [0.4, 0.5) is 0 Å². The van der Waals surface area contributed by atoms with Crippen molar-refractivity contribution in [1.29, 1.82) is 0 Å². The Morgan fingerprint density at radius 2 is 2.00 bits per heavy atom. The van der Waals surface area contributed by atoms with Crippen LogP contribution in [-0.2, 0) is 11.2 Å². The second-order valence-corrected chi connectivity index (χ2v) is 4.70. The predicted octanol–water partition coefficient (Wildman–Crippen LogP) is 2.81. The van der Waals surface area contributed by atoms with Crippen molar-refractivity contribution in [1.82, 2.24) is 4.98 Å². The predicted molar refractivity (Wildman–Crippen MR) is 76.0 cm³/mol. The van der Waals surface area contributed by atoms with Gasteiger partial charge in [-0.25, -0.2) is 0 Å². The van der Waals surface area contributed by atoms with E-state index in [9.17, 15) is 9.90 Å². The van der Waals surface area contributed by atoms with Crippen LogP contribution in [0.15, 0.2) is 42.7 Å². The summed E-state index contributed by atoms with van der Waals surface area (Å²) in [5.41, 5.74) is 2.66. The summed E-state index contributed by atoms with van der Waals surface area (Å²) in [6.07, 6.45) is 3.75. The number of carbonyl (C=O) groups is 1. The molecular formula is C16H17NO3. The van der Waals surface area contributed by atoms with Crippen molar-refractivity contribution in [2.75, 3.05) is 7.11 Å². The molecule has 4 heteroatoms. The van der Waals surface area contributed by atoms with Gasteiger partial charge in [-0.2, -0.15) is 0 Å². The molecule has 0 aliphatic heterocycles. The highest BCUT2D eigenvalue weighted by molar-refractivity contribution is 5.77. The van der Waals surface area contributed by atoms with E-state index >= 15 is 0 Å². The Kier molecular flexibility index (Phi) is 4.35. The molecule has 1 unspecified atom stereocenters. The Labute approximate surface area is 118 Å². The van der Waals surface area contributed by atoms with Crippen molar-refractivity contribution >= 4 is 5.97 Å². The van der Waals surface area contributed by atoms with E-state index in [1.54, 1.807) is 19.5 Å². The minimum absolute atomic E-state index is 0.414. The van der Waals surface area contributed by atoms with Crippen LogP contribution in [-0.4, -0.2) is 23.2 Å². The average Bonchev–Trinajstić information content (AvgIpc) is 2.45. The fraction of sp³-hybridized carbons (Fsp3) is 0.250. The second kappa shape index (κ2) is 6.19. The van der Waals surface area contributed by atoms with Crippen LogP contribution >= 0.6 is 0 Å². The Morgan fingerprint density at radius 3 is 2.60 bits per heavy atom. The van der Waals surface area contributed by atoms with E-state index in [1.807, 2.05) is 37.3 Å². The Hall–Kier alpha value is -2.36. The second-order valence-electron chi connectivity index (χ2n) is 4.70. The van der Waals surface area contributed by atoms with Crippen LogP contribution in [0.25, 0.3) is 0 Å². The summed E-state index contributed by atoms with van der Waals surface area (Å²) in [7, 11) is 1.56. The van der Waals surface area contributed by atoms with Crippen LogP contribution in [0.2, 0.25) is 0 Å². The highest BCUT2D eigenvalue weighted by atomic mass is 16.5. The zero-order valence-corrected chi connectivity index (χ0v) is 11.5. The molecule has 0 aliphatic rings. The highest BCUT2D eigenvalue weighted by Gasteiger charge is 2.24. The average molecular weight is 271 g/mol. The Morgan fingerprint density at radius 1 is 1.30 bits per heavy atom. The molecule has 0 aliphatic carbocycles. The molecule has 1 aromatic heterocycles. The summed E-state index contributed by atoms with van der Waals surface area (Å²) in [6.45, 7) is 1.94. The summed E-state index contributed by atoms with van der Waals surface area (Å²) in [6, 6.07) is 9.26. The monoisotopic (exact) mass is 271 g/mol. The molecular weight excluding hydrogens is 254 g/mol. The molecule has 4 nitrogen and oxygen atoms in total. The Bertz CT molecular complexity index is 596. The van der Waals surface area contributed by atoms with Gasteiger partial charge in [-0.05, 0) is 37.1 Å². The van der Waals surface area contributed by atoms with Gasteiger partial charge < -0.3 is 9.84 Å². The first-order valence-electron chi connectivity index (χ1n) is 6.38. The number of ether oxygens (including phenoxy) is 1. The molecule has 1 heterocycles. The largest absolute Gasteiger partial charge is 0.496 e. The number of pyridine rings is 1. The first kappa shape index (κ1) is 14.1. The number of carboxylic acid groups (broad SMARTS) is 1. The maximum atomic E-state index is 11.6. The topological polar surface area (TPSA) is 59.4 Å². The third-order valence-electron chi connectivity index (χ3n) is 3.25. The maximum absolute atomic E-state index is 11.6. The first-order chi connectivity index (χ1) is 9.61. The van der Waals surface area contributed by atoms with E-state index in [4.69, 9.17) is 4.74 Å². The SMILES string of the molecule is COc1ccc(C)cc1C(Cc1ccncc1)C(=O)O. The van der Waals surface area contributed by atoms with Crippen molar-refractivity contribution < 1.29 is 14.6 Å². The quantitative estimate of drug-likeness (QED) is 0.908. The number of nitrogens with zero attached hydrogens (tertiary/aromatic N) is 1. The van der Waals surface area contributed by atoms with Crippen LogP contribution in [0, 0.1) is 6.92 Å². The summed E-state index contributed by atoms with van der Waals surface area (Å²) in [5.74, 6) is -0.880. The standard InChI is InChI=1S/C16H17NO3/c1-11-3-4-15(20-2)13(9-11)14(16(18)19)10-12-5-7-17-8-6-12/h3-9,14H,10H2,1-2H3,(H,18,19). The number of carboxylic acids is 1. The van der Waals surface area contributed by atoms with Gasteiger partial charge in [-0.15, -0.1) is 0 Å². The molecule has 104 valence electrons. The number of aryl methyl sites for hydroxylation is 1. The van der Waals surface area contributed by atoms with E-state index < -0.39 is 11.9 Å². The molecule has 0 saturated heterocycles. The zero-order chi connectivity index (χ0) is 14.5. The van der Waals surface area contributed by atoms with Gasteiger partial charge in [0.15, 0.2) is 0 Å².